The molecule has 0 spiro atoms. The van der Waals surface area contributed by atoms with Gasteiger partial charge in [0.1, 0.15) is 0 Å². The van der Waals surface area contributed by atoms with E-state index in [9.17, 15) is 9.59 Å². The Morgan fingerprint density at radius 3 is 2.89 bits per heavy atom. The lowest BCUT2D eigenvalue weighted by Gasteiger charge is -2.34. The molecule has 0 saturated carbocycles. The Morgan fingerprint density at radius 2 is 2.32 bits per heavy atom. The Morgan fingerprint density at radius 1 is 1.58 bits per heavy atom. The number of hydrogen-bond acceptors (Lipinski definition) is 4. The zero-order valence-corrected chi connectivity index (χ0v) is 12.7. The summed E-state index contributed by atoms with van der Waals surface area (Å²) in [6.07, 6.45) is 0. The predicted molar refractivity (Wildman–Crippen MR) is 74.4 cm³/mol. The summed E-state index contributed by atoms with van der Waals surface area (Å²) in [5.41, 5.74) is 0. The summed E-state index contributed by atoms with van der Waals surface area (Å²) in [7, 11) is 0. The average molecular weight is 348 g/mol. The second kappa shape index (κ2) is 6.02. The summed E-state index contributed by atoms with van der Waals surface area (Å²) in [5.74, 6) is -1.52. The number of carbonyl (C=O) groups is 2. The molecular weight excluding hydrogens is 334 g/mol. The smallest absolute Gasteiger partial charge is 0.328 e. The molecule has 19 heavy (non-hydrogen) atoms. The molecule has 2 unspecified atom stereocenters. The first-order valence-corrected chi connectivity index (χ1v) is 7.48. The van der Waals surface area contributed by atoms with Crippen molar-refractivity contribution in [3.8, 4) is 0 Å². The molecular formula is C12H14BrNO4S. The highest BCUT2D eigenvalue weighted by molar-refractivity contribution is 9.11. The van der Waals surface area contributed by atoms with Crippen molar-refractivity contribution in [3.63, 3.8) is 0 Å². The summed E-state index contributed by atoms with van der Waals surface area (Å²) in [6.45, 7) is 2.57. The third kappa shape index (κ3) is 3.16. The molecule has 2 atom stereocenters. The predicted octanol–water partition coefficient (Wildman–Crippen LogP) is 1.93. The summed E-state index contributed by atoms with van der Waals surface area (Å²) in [6, 6.07) is 2.89. The fraction of sp³-hybridized carbons (Fsp3) is 0.500. The first-order valence-electron chi connectivity index (χ1n) is 5.87. The highest BCUT2D eigenvalue weighted by Crippen LogP contribution is 2.30. The first-order chi connectivity index (χ1) is 9.00. The highest BCUT2D eigenvalue weighted by atomic mass is 79.9. The van der Waals surface area contributed by atoms with Crippen LogP contribution < -0.4 is 0 Å². The van der Waals surface area contributed by atoms with Crippen LogP contribution in [-0.2, 0) is 14.3 Å². The topological polar surface area (TPSA) is 66.8 Å². The van der Waals surface area contributed by atoms with Gasteiger partial charge in [0.2, 0.25) is 5.91 Å². The number of aliphatic carboxylic acids is 1. The second-order valence-electron chi connectivity index (χ2n) is 4.32. The third-order valence-electron chi connectivity index (χ3n) is 3.09. The summed E-state index contributed by atoms with van der Waals surface area (Å²) in [5, 5.41) is 9.14. The van der Waals surface area contributed by atoms with Crippen molar-refractivity contribution in [2.24, 2.45) is 0 Å². The van der Waals surface area contributed by atoms with E-state index >= 15 is 0 Å². The van der Waals surface area contributed by atoms with E-state index in [0.717, 1.165) is 8.66 Å². The van der Waals surface area contributed by atoms with Crippen LogP contribution in [-0.4, -0.2) is 47.7 Å². The molecule has 0 aromatic carbocycles. The zero-order chi connectivity index (χ0) is 14.0. The molecule has 1 aromatic heterocycles. The van der Waals surface area contributed by atoms with Crippen LogP contribution in [0.15, 0.2) is 15.9 Å². The number of nitrogens with zero attached hydrogens (tertiary/aromatic N) is 1. The number of hydrogen-bond donors (Lipinski definition) is 1. The molecule has 0 bridgehead atoms. The van der Waals surface area contributed by atoms with E-state index in [4.69, 9.17) is 9.84 Å². The number of carboxylic acid groups (broad SMARTS) is 1. The Hall–Kier alpha value is -0.920. The number of morpholine rings is 1. The lowest BCUT2D eigenvalue weighted by molar-refractivity contribution is -0.158. The quantitative estimate of drug-likeness (QED) is 0.907. The van der Waals surface area contributed by atoms with E-state index in [1.807, 2.05) is 12.1 Å². The van der Waals surface area contributed by atoms with Gasteiger partial charge in [0.05, 0.1) is 22.9 Å². The number of rotatable bonds is 3. The minimum Gasteiger partial charge on any atom is -0.480 e. The molecule has 0 radical (unpaired) electrons. The molecule has 5 nitrogen and oxygen atoms in total. The monoisotopic (exact) mass is 347 g/mol. The van der Waals surface area contributed by atoms with E-state index in [1.165, 1.54) is 16.2 Å². The molecule has 1 N–H and O–H groups in total. The molecule has 1 saturated heterocycles. The van der Waals surface area contributed by atoms with Crippen LogP contribution in [0.25, 0.3) is 0 Å². The van der Waals surface area contributed by atoms with Crippen molar-refractivity contribution < 1.29 is 19.4 Å². The lowest BCUT2D eigenvalue weighted by Crippen LogP contribution is -2.53. The summed E-state index contributed by atoms with van der Waals surface area (Å²) in [4.78, 5) is 25.9. The molecule has 0 aliphatic carbocycles. The number of carbonyl (C=O) groups excluding carboxylic acids is 1. The largest absolute Gasteiger partial charge is 0.480 e. The van der Waals surface area contributed by atoms with E-state index < -0.39 is 12.0 Å². The van der Waals surface area contributed by atoms with E-state index in [0.29, 0.717) is 13.2 Å². The second-order valence-corrected chi connectivity index (χ2v) is 6.82. The average Bonchev–Trinajstić information content (AvgIpc) is 2.83. The lowest BCUT2D eigenvalue weighted by atomic mass is 10.1. The van der Waals surface area contributed by atoms with Gasteiger partial charge in [-0.3, -0.25) is 4.79 Å². The van der Waals surface area contributed by atoms with Crippen molar-refractivity contribution in [2.75, 3.05) is 19.8 Å². The van der Waals surface area contributed by atoms with Gasteiger partial charge in [-0.1, -0.05) is 0 Å². The highest BCUT2D eigenvalue weighted by Gasteiger charge is 2.35. The van der Waals surface area contributed by atoms with Crippen molar-refractivity contribution in [1.29, 1.82) is 0 Å². The van der Waals surface area contributed by atoms with Crippen molar-refractivity contribution in [3.05, 3.63) is 20.8 Å². The molecule has 7 heteroatoms. The normalized spacial score (nSPS) is 21.2. The molecule has 1 amide bonds. The van der Waals surface area contributed by atoms with Gasteiger partial charge in [0, 0.05) is 11.4 Å². The van der Waals surface area contributed by atoms with E-state index in [-0.39, 0.29) is 18.4 Å². The fourth-order valence-electron chi connectivity index (χ4n) is 2.00. The minimum absolute atomic E-state index is 0.0575. The summed E-state index contributed by atoms with van der Waals surface area (Å²) < 4.78 is 6.09. The van der Waals surface area contributed by atoms with Crippen molar-refractivity contribution in [2.45, 2.75) is 18.9 Å². The molecule has 1 fully saturated rings. The number of thiophene rings is 1. The Kier molecular flexibility index (Phi) is 4.59. The van der Waals surface area contributed by atoms with Crippen LogP contribution >= 0.6 is 27.3 Å². The molecule has 1 aliphatic rings. The van der Waals surface area contributed by atoms with E-state index in [2.05, 4.69) is 15.9 Å². The molecule has 1 aliphatic heterocycles. The maximum absolute atomic E-state index is 12.4. The van der Waals surface area contributed by atoms with Crippen LogP contribution in [0, 0.1) is 0 Å². The Balaban J connectivity index is 2.15. The first kappa shape index (κ1) is 14.5. The van der Waals surface area contributed by atoms with Crippen LogP contribution in [0.5, 0.6) is 0 Å². The minimum atomic E-state index is -1.02. The Bertz CT molecular complexity index is 490. The molecule has 104 valence electrons. The summed E-state index contributed by atoms with van der Waals surface area (Å²) >= 11 is 4.85. The third-order valence-corrected chi connectivity index (χ3v) is 4.89. The number of ether oxygens (including phenoxy) is 1. The molecule has 2 heterocycles. The van der Waals surface area contributed by atoms with Crippen LogP contribution in [0.4, 0.5) is 0 Å². The van der Waals surface area contributed by atoms with Gasteiger partial charge in [0.15, 0.2) is 6.04 Å². The van der Waals surface area contributed by atoms with Gasteiger partial charge in [-0.15, -0.1) is 11.3 Å². The standard InChI is InChI=1S/C12H14BrNO4S/c1-7(9-2-3-10(13)19-9)11(15)14-4-5-18-6-8(14)12(16)17/h2-3,7-8H,4-6H2,1H3,(H,16,17). The zero-order valence-electron chi connectivity index (χ0n) is 10.3. The van der Waals surface area contributed by atoms with Gasteiger partial charge in [0.25, 0.3) is 0 Å². The SMILES string of the molecule is CC(C(=O)N1CCOCC1C(=O)O)c1ccc(Br)s1. The fourth-order valence-corrected chi connectivity index (χ4v) is 3.47. The van der Waals surface area contributed by atoms with E-state index in [1.54, 1.807) is 6.92 Å². The molecule has 2 rings (SSSR count). The van der Waals surface area contributed by atoms with Crippen molar-refractivity contribution in [1.82, 2.24) is 4.90 Å². The van der Waals surface area contributed by atoms with Gasteiger partial charge < -0.3 is 14.7 Å². The molecule has 1 aromatic rings. The van der Waals surface area contributed by atoms with Gasteiger partial charge >= 0.3 is 5.97 Å². The van der Waals surface area contributed by atoms with Crippen LogP contribution in [0.1, 0.15) is 17.7 Å². The maximum Gasteiger partial charge on any atom is 0.328 e. The maximum atomic E-state index is 12.4. The van der Waals surface area contributed by atoms with Gasteiger partial charge in [-0.25, -0.2) is 4.79 Å². The van der Waals surface area contributed by atoms with Crippen molar-refractivity contribution >= 4 is 39.1 Å². The van der Waals surface area contributed by atoms with Crippen LogP contribution in [0.2, 0.25) is 0 Å². The van der Waals surface area contributed by atoms with Crippen LogP contribution in [0.3, 0.4) is 0 Å². The number of amides is 1. The number of halogens is 1. The van der Waals surface area contributed by atoms with Gasteiger partial charge in [-0.2, -0.15) is 0 Å². The number of carboxylic acids is 1. The Labute approximate surface area is 123 Å². The van der Waals surface area contributed by atoms with Gasteiger partial charge in [-0.05, 0) is 35.0 Å².